The number of carbonyl (C=O) groups excluding carboxylic acids is 2. The van der Waals surface area contributed by atoms with Gasteiger partial charge in [-0.05, 0) is 92.9 Å². The Kier molecular flexibility index (Phi) is 15.8. The van der Waals surface area contributed by atoms with Crippen LogP contribution in [0, 0.1) is 11.1 Å². The first-order valence-corrected chi connectivity index (χ1v) is 22.3. The van der Waals surface area contributed by atoms with Gasteiger partial charge in [-0.15, -0.1) is 0 Å². The Bertz CT molecular complexity index is 2430. The van der Waals surface area contributed by atoms with E-state index in [4.69, 9.17) is 47.3 Å². The second-order valence-corrected chi connectivity index (χ2v) is 18.1. The molecule has 7 rings (SSSR count). The second-order valence-electron chi connectivity index (χ2n) is 15.6. The van der Waals surface area contributed by atoms with E-state index in [1.165, 1.54) is 36.4 Å². The number of carbonyl (C=O) groups is 3. The van der Waals surface area contributed by atoms with Crippen molar-refractivity contribution in [2.24, 2.45) is 5.92 Å². The summed E-state index contributed by atoms with van der Waals surface area (Å²) in [6, 6.07) is 16.7. The number of benzene rings is 3. The van der Waals surface area contributed by atoms with Crippen molar-refractivity contribution in [1.29, 1.82) is 0 Å². The molecule has 65 heavy (non-hydrogen) atoms. The number of hydrogen-bond donors (Lipinski definition) is 2. The topological polar surface area (TPSA) is 185 Å². The Morgan fingerprint density at radius 2 is 1.54 bits per heavy atom. The molecule has 350 valence electrons. The first-order chi connectivity index (χ1) is 30.7. The molecular formula is C43H42Cl2F5N3O11S. The standard InChI is InChI=1S/C41H41Cl2F2N3O9S.C2HF3O2/c1-47-28-13-14-29(47)19-30(18-28)55-40(50)38(25-6-3-2-4-7-25)46-58(52,53)31-9-5-8-27(16-31)39(49)56-36(20-32-33(42)21-48(51)22-34(32)43)26-12-15-35(57-41(44)45)37(17-26)54-23-24-10-11-24;3-2(4,5)1(6)7/h2-9,12,15-17,21-22,24,28-30,36,38,41,46H,10-11,13-14,18-20,23H2,1H3;(H,6,7)/t28?,29?,30?,36-,38?;/m0./s1. The number of ether oxygens (including phenoxy) is 4. The molecule has 2 aliphatic heterocycles. The van der Waals surface area contributed by atoms with Gasteiger partial charge in [0.15, 0.2) is 23.9 Å². The molecule has 3 unspecified atom stereocenters. The number of carboxylic acids is 1. The normalized spacial score (nSPS) is 19.4. The first kappa shape index (κ1) is 49.2. The molecule has 1 saturated carbocycles. The number of carboxylic acid groups (broad SMARTS) is 1. The number of fused-ring (bicyclic) bond motifs is 2. The van der Waals surface area contributed by atoms with Gasteiger partial charge in [0.1, 0.15) is 28.3 Å². The van der Waals surface area contributed by atoms with Crippen LogP contribution in [0.2, 0.25) is 10.0 Å². The van der Waals surface area contributed by atoms with Crippen molar-refractivity contribution in [2.45, 2.75) is 93.0 Å². The van der Waals surface area contributed by atoms with E-state index in [9.17, 15) is 45.2 Å². The average Bonchev–Trinajstić information content (AvgIpc) is 4.05. The van der Waals surface area contributed by atoms with Gasteiger partial charge in [0.25, 0.3) is 0 Å². The van der Waals surface area contributed by atoms with Gasteiger partial charge in [-0.2, -0.15) is 31.4 Å². The van der Waals surface area contributed by atoms with E-state index in [2.05, 4.69) is 21.4 Å². The predicted molar refractivity (Wildman–Crippen MR) is 222 cm³/mol. The molecule has 3 aromatic carbocycles. The van der Waals surface area contributed by atoms with Crippen LogP contribution in [-0.4, -0.2) is 81.0 Å². The molecule has 14 nitrogen and oxygen atoms in total. The molecule has 2 bridgehead atoms. The van der Waals surface area contributed by atoms with E-state index in [0.717, 1.165) is 44.1 Å². The number of nitrogens with one attached hydrogen (secondary N) is 1. The molecular weight excluding hydrogens is 932 g/mol. The molecule has 22 heteroatoms. The van der Waals surface area contributed by atoms with Gasteiger partial charge in [0, 0.05) is 24.1 Å². The summed E-state index contributed by atoms with van der Waals surface area (Å²) in [5.74, 6) is -4.44. The Hall–Kier alpha value is -5.28. The highest BCUT2D eigenvalue weighted by Crippen LogP contribution is 2.39. The van der Waals surface area contributed by atoms with Crippen LogP contribution in [0.25, 0.3) is 0 Å². The SMILES string of the molecule is CN1C2CCC1CC(OC(=O)C(NS(=O)(=O)c1cccc(C(=O)O[C@@H](Cc3c(Cl)c[n+]([O-])cc3Cl)c3ccc(OC(F)F)c(OCC4CC4)c3)c1)c1ccccc1)C2.O=C(O)C(F)(F)F. The maximum atomic E-state index is 14.0. The highest BCUT2D eigenvalue weighted by atomic mass is 35.5. The van der Waals surface area contributed by atoms with Crippen LogP contribution in [0.15, 0.2) is 90.1 Å². The predicted octanol–water partition coefficient (Wildman–Crippen LogP) is 7.98. The van der Waals surface area contributed by atoms with Crippen LogP contribution >= 0.6 is 23.2 Å². The molecule has 3 fully saturated rings. The fraction of sp³-hybridized carbons (Fsp3) is 0.395. The molecule has 0 spiro atoms. The van der Waals surface area contributed by atoms with Crippen LogP contribution in [0.4, 0.5) is 22.0 Å². The van der Waals surface area contributed by atoms with Crippen molar-refractivity contribution in [3.05, 3.63) is 123 Å². The van der Waals surface area contributed by atoms with Gasteiger partial charge in [0.2, 0.25) is 10.0 Å². The summed E-state index contributed by atoms with van der Waals surface area (Å²) in [6.45, 7) is -2.88. The van der Waals surface area contributed by atoms with Crippen molar-refractivity contribution >= 4 is 51.1 Å². The average molecular weight is 975 g/mol. The minimum atomic E-state index is -5.08. The van der Waals surface area contributed by atoms with Gasteiger partial charge in [-0.1, -0.05) is 65.7 Å². The quantitative estimate of drug-likeness (QED) is 0.0478. The smallest absolute Gasteiger partial charge is 0.490 e. The van der Waals surface area contributed by atoms with Gasteiger partial charge in [0.05, 0.1) is 17.1 Å². The van der Waals surface area contributed by atoms with Crippen LogP contribution < -0.4 is 18.9 Å². The number of nitrogens with zero attached hydrogens (tertiary/aromatic N) is 2. The third-order valence-electron chi connectivity index (χ3n) is 11.0. The number of sulfonamides is 1. The van der Waals surface area contributed by atoms with Crippen molar-refractivity contribution in [3.8, 4) is 11.5 Å². The lowest BCUT2D eigenvalue weighted by Crippen LogP contribution is -2.44. The summed E-state index contributed by atoms with van der Waals surface area (Å²) in [5.41, 5.74) is 0.725. The summed E-state index contributed by atoms with van der Waals surface area (Å²) >= 11 is 12.8. The zero-order chi connectivity index (χ0) is 47.2. The molecule has 3 heterocycles. The highest BCUT2D eigenvalue weighted by molar-refractivity contribution is 7.89. The van der Waals surface area contributed by atoms with Crippen molar-refractivity contribution < 1.29 is 73.5 Å². The van der Waals surface area contributed by atoms with Gasteiger partial charge in [-0.3, -0.25) is 0 Å². The monoisotopic (exact) mass is 973 g/mol. The van der Waals surface area contributed by atoms with Crippen molar-refractivity contribution in [2.75, 3.05) is 13.7 Å². The zero-order valence-electron chi connectivity index (χ0n) is 34.3. The molecule has 2 saturated heterocycles. The van der Waals surface area contributed by atoms with Gasteiger partial charge in [-0.25, -0.2) is 22.8 Å². The van der Waals surface area contributed by atoms with E-state index >= 15 is 0 Å². The number of aliphatic carboxylic acids is 1. The maximum absolute atomic E-state index is 14.0. The first-order valence-electron chi connectivity index (χ1n) is 20.1. The number of piperidine rings is 1. The number of alkyl halides is 5. The summed E-state index contributed by atoms with van der Waals surface area (Å²) in [7, 11) is -2.40. The Morgan fingerprint density at radius 3 is 2.12 bits per heavy atom. The number of aromatic nitrogens is 1. The number of esters is 2. The van der Waals surface area contributed by atoms with Crippen LogP contribution in [0.5, 0.6) is 11.5 Å². The van der Waals surface area contributed by atoms with Crippen molar-refractivity contribution in [1.82, 2.24) is 9.62 Å². The van der Waals surface area contributed by atoms with E-state index < -0.39 is 52.9 Å². The molecule has 1 aromatic heterocycles. The van der Waals surface area contributed by atoms with E-state index in [-0.39, 0.29) is 68.2 Å². The molecule has 4 atom stereocenters. The Labute approximate surface area is 379 Å². The van der Waals surface area contributed by atoms with E-state index in [1.807, 2.05) is 0 Å². The van der Waals surface area contributed by atoms with Crippen LogP contribution in [0.1, 0.15) is 77.7 Å². The number of pyridine rings is 1. The molecule has 4 aromatic rings. The van der Waals surface area contributed by atoms with E-state index in [1.54, 1.807) is 30.3 Å². The third kappa shape index (κ3) is 13.2. The summed E-state index contributed by atoms with van der Waals surface area (Å²) in [5, 5.41) is 19.1. The lowest BCUT2D eigenvalue weighted by atomic mass is 10.0. The third-order valence-corrected chi connectivity index (χ3v) is 13.1. The Morgan fingerprint density at radius 1 is 0.908 bits per heavy atom. The summed E-state index contributed by atoms with van der Waals surface area (Å²) in [6.07, 6.45) is 0.495. The summed E-state index contributed by atoms with van der Waals surface area (Å²) in [4.78, 5) is 38.5. The molecule has 2 N–H and O–H groups in total. The van der Waals surface area contributed by atoms with Gasteiger partial charge >= 0.3 is 30.7 Å². The number of halogens is 7. The zero-order valence-corrected chi connectivity index (χ0v) is 36.6. The largest absolute Gasteiger partial charge is 0.619 e. The summed E-state index contributed by atoms with van der Waals surface area (Å²) < 4.78 is 112. The molecule has 3 aliphatic rings. The minimum absolute atomic E-state index is 0.0118. The van der Waals surface area contributed by atoms with E-state index in [0.29, 0.717) is 35.2 Å². The molecule has 0 amide bonds. The van der Waals surface area contributed by atoms with Crippen molar-refractivity contribution in [3.63, 3.8) is 0 Å². The van der Waals surface area contributed by atoms with Crippen LogP contribution in [-0.2, 0) is 35.5 Å². The second kappa shape index (κ2) is 20.9. The minimum Gasteiger partial charge on any atom is -0.619 e. The van der Waals surface area contributed by atoms with Crippen LogP contribution in [0.3, 0.4) is 0 Å². The maximum Gasteiger partial charge on any atom is 0.490 e. The lowest BCUT2D eigenvalue weighted by Gasteiger charge is -2.36. The number of hydrogen-bond acceptors (Lipinski definition) is 11. The fourth-order valence-electron chi connectivity index (χ4n) is 7.46. The molecule has 0 radical (unpaired) electrons. The lowest BCUT2D eigenvalue weighted by molar-refractivity contribution is -0.605. The highest BCUT2D eigenvalue weighted by Gasteiger charge is 2.41. The molecule has 1 aliphatic carbocycles. The van der Waals surface area contributed by atoms with Gasteiger partial charge < -0.3 is 34.2 Å². The Balaban J connectivity index is 0.000000925. The number of rotatable bonds is 16. The fourth-order valence-corrected chi connectivity index (χ4v) is 9.28.